The molecule has 0 saturated carbocycles. The molecular weight excluding hydrogens is 928 g/mol. The van der Waals surface area contributed by atoms with Crippen LogP contribution in [0.5, 0.6) is 17.2 Å². The molecule has 3 aromatic carbocycles. The van der Waals surface area contributed by atoms with E-state index in [0.29, 0.717) is 70.5 Å². The number of pyridine rings is 1. The number of para-hydroxylation sites is 1. The fourth-order valence-corrected chi connectivity index (χ4v) is 9.92. The number of ether oxygens (including phenoxy) is 2. The van der Waals surface area contributed by atoms with Crippen molar-refractivity contribution < 1.29 is 38.2 Å². The lowest BCUT2D eigenvalue weighted by Crippen LogP contribution is -2.54. The summed E-state index contributed by atoms with van der Waals surface area (Å²) in [6, 6.07) is 21.7. The second-order valence-electron chi connectivity index (χ2n) is 18.1. The molecule has 4 aliphatic heterocycles. The lowest BCUT2D eigenvalue weighted by molar-refractivity contribution is -0.136. The Balaban J connectivity index is 0.663. The minimum absolute atomic E-state index is 0.0665. The topological polar surface area (TPSA) is 212 Å². The maximum Gasteiger partial charge on any atom is 0.262 e. The molecule has 0 spiro atoms. The normalized spacial score (nSPS) is 18.4. The molecule has 0 radical (unpaired) electrons. The number of piperidine rings is 2. The number of nitrogens with zero attached hydrogens (tertiary/aromatic N) is 7. The fourth-order valence-electron chi connectivity index (χ4n) is 9.66. The van der Waals surface area contributed by atoms with Gasteiger partial charge in [0.25, 0.3) is 17.7 Å². The van der Waals surface area contributed by atoms with Crippen molar-refractivity contribution in [3.63, 3.8) is 0 Å². The summed E-state index contributed by atoms with van der Waals surface area (Å²) in [4.78, 5) is 102. The number of rotatable bonds is 16. The molecule has 3 saturated heterocycles. The van der Waals surface area contributed by atoms with Gasteiger partial charge in [-0.1, -0.05) is 29.8 Å². The molecule has 3 aromatic heterocycles. The first-order valence-electron chi connectivity index (χ1n) is 23.9. The Kier molecular flexibility index (Phi) is 13.7. The van der Waals surface area contributed by atoms with Crippen LogP contribution in [-0.2, 0) is 9.59 Å². The quantitative estimate of drug-likeness (QED) is 0.0536. The molecule has 364 valence electrons. The number of amides is 5. The zero-order valence-corrected chi connectivity index (χ0v) is 39.5. The van der Waals surface area contributed by atoms with Crippen molar-refractivity contribution in [1.82, 2.24) is 40.0 Å². The van der Waals surface area contributed by atoms with E-state index >= 15 is 0 Å². The molecule has 0 bridgehead atoms. The number of benzene rings is 3. The van der Waals surface area contributed by atoms with Crippen LogP contribution >= 0.6 is 11.6 Å². The summed E-state index contributed by atoms with van der Waals surface area (Å²) in [6.45, 7) is 5.87. The summed E-state index contributed by atoms with van der Waals surface area (Å²) >= 11 is 6.65. The average Bonchev–Trinajstić information content (AvgIpc) is 3.93. The summed E-state index contributed by atoms with van der Waals surface area (Å²) in [5.41, 5.74) is 2.13. The third kappa shape index (κ3) is 10.2. The van der Waals surface area contributed by atoms with Crippen LogP contribution in [0.15, 0.2) is 97.6 Å². The summed E-state index contributed by atoms with van der Waals surface area (Å²) in [5.74, 6) is 0.431. The Morgan fingerprint density at radius 2 is 1.61 bits per heavy atom. The van der Waals surface area contributed by atoms with E-state index in [1.54, 1.807) is 48.8 Å². The molecule has 71 heavy (non-hydrogen) atoms. The highest BCUT2D eigenvalue weighted by molar-refractivity contribution is 6.36. The first kappa shape index (κ1) is 47.0. The Morgan fingerprint density at radius 1 is 0.789 bits per heavy atom. The number of ketones is 1. The molecule has 7 heterocycles. The van der Waals surface area contributed by atoms with Crippen LogP contribution in [0.4, 0.5) is 11.6 Å². The number of hydrogen-bond donors (Lipinski definition) is 3. The minimum Gasteiger partial charge on any atom is -0.494 e. The second-order valence-corrected chi connectivity index (χ2v) is 18.5. The van der Waals surface area contributed by atoms with E-state index in [1.807, 2.05) is 47.4 Å². The van der Waals surface area contributed by atoms with E-state index in [0.717, 1.165) is 75.5 Å². The van der Waals surface area contributed by atoms with Crippen LogP contribution in [0.2, 0.25) is 5.02 Å². The number of aromatic amines is 1. The summed E-state index contributed by atoms with van der Waals surface area (Å²) < 4.78 is 11.8. The second kappa shape index (κ2) is 20.7. The van der Waals surface area contributed by atoms with Gasteiger partial charge < -0.3 is 29.6 Å². The number of halogens is 1. The molecule has 10 rings (SSSR count). The van der Waals surface area contributed by atoms with Gasteiger partial charge >= 0.3 is 0 Å². The number of imide groups is 2. The van der Waals surface area contributed by atoms with Crippen LogP contribution in [0.3, 0.4) is 0 Å². The molecule has 0 aliphatic carbocycles. The van der Waals surface area contributed by atoms with Gasteiger partial charge in [-0.2, -0.15) is 0 Å². The highest BCUT2D eigenvalue weighted by atomic mass is 35.5. The van der Waals surface area contributed by atoms with Crippen LogP contribution in [0.25, 0.3) is 11.0 Å². The molecule has 5 amide bonds. The van der Waals surface area contributed by atoms with E-state index < -0.39 is 29.7 Å². The molecule has 3 fully saturated rings. The molecule has 2 atom stereocenters. The Labute approximate surface area is 413 Å². The number of aromatic nitrogens is 4. The van der Waals surface area contributed by atoms with Gasteiger partial charge in [0, 0.05) is 75.8 Å². The zero-order chi connectivity index (χ0) is 49.0. The van der Waals surface area contributed by atoms with Crippen molar-refractivity contribution >= 4 is 69.6 Å². The third-order valence-corrected chi connectivity index (χ3v) is 13.7. The first-order chi connectivity index (χ1) is 34.6. The molecule has 6 aromatic rings. The molecule has 4 aliphatic rings. The predicted octanol–water partition coefficient (Wildman–Crippen LogP) is 6.52. The van der Waals surface area contributed by atoms with Crippen LogP contribution in [-0.4, -0.2) is 134 Å². The number of anilines is 2. The van der Waals surface area contributed by atoms with E-state index in [9.17, 15) is 28.8 Å². The Morgan fingerprint density at radius 3 is 2.39 bits per heavy atom. The molecule has 1 unspecified atom stereocenters. The van der Waals surface area contributed by atoms with Crippen molar-refractivity contribution in [3.05, 3.63) is 130 Å². The van der Waals surface area contributed by atoms with Crippen LogP contribution < -0.4 is 25.0 Å². The lowest BCUT2D eigenvalue weighted by atomic mass is 10.0. The average molecular weight is 979 g/mol. The van der Waals surface area contributed by atoms with Gasteiger partial charge in [0.1, 0.15) is 46.9 Å². The molecule has 18 nitrogen and oxygen atoms in total. The first-order valence-corrected chi connectivity index (χ1v) is 24.3. The van der Waals surface area contributed by atoms with Gasteiger partial charge in [0.05, 0.1) is 39.3 Å². The van der Waals surface area contributed by atoms with Crippen molar-refractivity contribution in [2.24, 2.45) is 0 Å². The highest BCUT2D eigenvalue weighted by Crippen LogP contribution is 2.33. The number of piperazine rings is 1. The number of carbonyl (C=O) groups is 6. The number of unbranched alkanes of at least 4 members (excludes halogenated alkanes) is 2. The Hall–Kier alpha value is -7.70. The smallest absolute Gasteiger partial charge is 0.262 e. The predicted molar refractivity (Wildman–Crippen MR) is 263 cm³/mol. The maximum atomic E-state index is 14.0. The van der Waals surface area contributed by atoms with Gasteiger partial charge in [-0.3, -0.25) is 43.9 Å². The Bertz CT molecular complexity index is 3010. The van der Waals surface area contributed by atoms with Gasteiger partial charge in [-0.25, -0.2) is 15.0 Å². The van der Waals surface area contributed by atoms with Crippen molar-refractivity contribution in [3.8, 4) is 17.2 Å². The van der Waals surface area contributed by atoms with E-state index in [4.69, 9.17) is 26.1 Å². The molecule has 3 N–H and O–H groups in total. The van der Waals surface area contributed by atoms with Crippen molar-refractivity contribution in [2.75, 3.05) is 62.6 Å². The lowest BCUT2D eigenvalue weighted by Gasteiger charge is -2.35. The van der Waals surface area contributed by atoms with E-state index in [2.05, 4.69) is 35.4 Å². The number of H-pyrrole nitrogens is 1. The van der Waals surface area contributed by atoms with Gasteiger partial charge in [-0.15, -0.1) is 0 Å². The molecular formula is C52H51ClN10O8. The van der Waals surface area contributed by atoms with Crippen LogP contribution in [0.1, 0.15) is 91.9 Å². The number of nitrogens with one attached hydrogen (secondary N) is 3. The highest BCUT2D eigenvalue weighted by Gasteiger charge is 2.45. The van der Waals surface area contributed by atoms with Gasteiger partial charge in [0.15, 0.2) is 5.78 Å². The van der Waals surface area contributed by atoms with Crippen molar-refractivity contribution in [1.29, 1.82) is 0 Å². The molecule has 19 heteroatoms. The monoisotopic (exact) mass is 978 g/mol. The largest absolute Gasteiger partial charge is 0.494 e. The standard InChI is InChI=1S/C52H51ClN10O8/c53-41-27-36(71-34-9-3-1-4-10-34)13-15-38(41)46(65)40-29-55-47-45(40)48(57-31-56-47)58-33-8-7-20-62(30-33)50(67)32-11-17-43(54-28-32)61-23-21-60(22-24-61)19-5-2-6-25-70-35-12-14-37-39(26-35)52(69)63(51(37)68)42-16-18-44(64)59-49(42)66/h1,3-4,9-15,17,26-29,31,33,42H,2,5-8,16,18-25,30H2,(H,59,64,66)(H2,55,56,57,58)/t33-,42?/m1/s1. The summed E-state index contributed by atoms with van der Waals surface area (Å²) in [7, 11) is 0. The minimum atomic E-state index is -1.01. The fraction of sp³-hybridized carbons (Fsp3) is 0.327. The number of fused-ring (bicyclic) bond motifs is 2. The SMILES string of the molecule is O=C1CCC(N2C(=O)c3ccc(OCCCCCN4CCN(c5ccc(C(=O)N6CCC[C@@H](Nc7ncnc8[nH]cc(C(=O)c9ccc(Oc%10ccccc%10)cc9Cl)c78)C6)cn5)CC4)cc3C2=O)C(=O)N1. The third-order valence-electron chi connectivity index (χ3n) is 13.4. The van der Waals surface area contributed by atoms with Gasteiger partial charge in [-0.05, 0) is 99.7 Å². The van der Waals surface area contributed by atoms with E-state index in [-0.39, 0.29) is 46.7 Å². The van der Waals surface area contributed by atoms with E-state index in [1.165, 1.54) is 6.33 Å². The number of likely N-dealkylation sites (tertiary alicyclic amines) is 1. The summed E-state index contributed by atoms with van der Waals surface area (Å²) in [6.07, 6.45) is 9.25. The van der Waals surface area contributed by atoms with Gasteiger partial charge in [0.2, 0.25) is 11.8 Å². The van der Waals surface area contributed by atoms with Crippen molar-refractivity contribution in [2.45, 2.75) is 57.0 Å². The number of hydrogen-bond acceptors (Lipinski definition) is 14. The summed E-state index contributed by atoms with van der Waals surface area (Å²) in [5, 5.41) is 6.52. The van der Waals surface area contributed by atoms with Crippen LogP contribution in [0, 0.1) is 0 Å². The maximum absolute atomic E-state index is 14.0. The zero-order valence-electron chi connectivity index (χ0n) is 38.8. The number of carbonyl (C=O) groups excluding carboxylic acids is 6.